The van der Waals surface area contributed by atoms with E-state index in [1.807, 2.05) is 0 Å². The van der Waals surface area contributed by atoms with E-state index in [2.05, 4.69) is 10.2 Å². The summed E-state index contributed by atoms with van der Waals surface area (Å²) in [5, 5.41) is 16.7. The van der Waals surface area contributed by atoms with Crippen LogP contribution in [0, 0.1) is 6.92 Å². The van der Waals surface area contributed by atoms with Crippen LogP contribution in [0.3, 0.4) is 0 Å². The Morgan fingerprint density at radius 3 is 2.92 bits per heavy atom. The van der Waals surface area contributed by atoms with E-state index < -0.39 is 6.10 Å². The molecule has 3 rings (SSSR count). The fourth-order valence-electron chi connectivity index (χ4n) is 2.54. The number of benzene rings is 1. The predicted octanol–water partition coefficient (Wildman–Crippen LogP) is 1.07. The van der Waals surface area contributed by atoms with E-state index in [9.17, 15) is 4.79 Å². The zero-order chi connectivity index (χ0) is 17.8. The first-order valence-corrected chi connectivity index (χ1v) is 8.11. The van der Waals surface area contributed by atoms with Gasteiger partial charge in [-0.25, -0.2) is 0 Å². The van der Waals surface area contributed by atoms with Crippen LogP contribution >= 0.6 is 0 Å². The monoisotopic (exact) mass is 347 g/mol. The van der Waals surface area contributed by atoms with Crippen molar-refractivity contribution < 1.29 is 23.8 Å². The van der Waals surface area contributed by atoms with Crippen molar-refractivity contribution in [1.29, 1.82) is 0 Å². The number of nitrogens with zero attached hydrogens (tertiary/aromatic N) is 3. The minimum atomic E-state index is -0.603. The van der Waals surface area contributed by atoms with Crippen LogP contribution in [0.15, 0.2) is 28.7 Å². The van der Waals surface area contributed by atoms with Gasteiger partial charge in [-0.15, -0.1) is 10.2 Å². The molecule has 0 radical (unpaired) electrons. The normalized spacial score (nSPS) is 15.7. The van der Waals surface area contributed by atoms with Gasteiger partial charge in [0.25, 0.3) is 5.91 Å². The second-order valence-electron chi connectivity index (χ2n) is 5.96. The lowest BCUT2D eigenvalue weighted by atomic mass is 10.1. The molecule has 1 unspecified atom stereocenters. The Balaban J connectivity index is 1.43. The largest absolute Gasteiger partial charge is 0.481 e. The minimum Gasteiger partial charge on any atom is -0.481 e. The number of carbonyl (C=O) groups excluding carboxylic acids is 1. The van der Waals surface area contributed by atoms with Crippen molar-refractivity contribution in [3.05, 3.63) is 41.6 Å². The van der Waals surface area contributed by atoms with Gasteiger partial charge >= 0.3 is 0 Å². The van der Waals surface area contributed by atoms with Crippen LogP contribution < -0.4 is 4.74 Å². The van der Waals surface area contributed by atoms with E-state index >= 15 is 0 Å². The van der Waals surface area contributed by atoms with Crippen molar-refractivity contribution in [3.63, 3.8) is 0 Å². The fourth-order valence-corrected chi connectivity index (χ4v) is 2.54. The zero-order valence-corrected chi connectivity index (χ0v) is 14.2. The molecular weight excluding hydrogens is 326 g/mol. The van der Waals surface area contributed by atoms with Crippen molar-refractivity contribution >= 4 is 5.91 Å². The highest BCUT2D eigenvalue weighted by Crippen LogP contribution is 2.19. The molecular formula is C17H21N3O5. The molecule has 1 fully saturated rings. The second-order valence-corrected chi connectivity index (χ2v) is 5.96. The van der Waals surface area contributed by atoms with Gasteiger partial charge < -0.3 is 23.9 Å². The summed E-state index contributed by atoms with van der Waals surface area (Å²) < 4.78 is 16.5. The lowest BCUT2D eigenvalue weighted by Gasteiger charge is -2.39. The average molecular weight is 347 g/mol. The SMILES string of the molecule is Cc1nnc(COC2CN(C(=O)C(C)Oc3cccc(CO)c3)C2)o1. The van der Waals surface area contributed by atoms with Crippen molar-refractivity contribution in [2.45, 2.75) is 39.3 Å². The smallest absolute Gasteiger partial charge is 0.263 e. The molecule has 0 spiro atoms. The molecule has 1 amide bonds. The molecule has 0 saturated carbocycles. The molecule has 1 atom stereocenters. The number of carbonyl (C=O) groups is 1. The zero-order valence-electron chi connectivity index (χ0n) is 14.2. The van der Waals surface area contributed by atoms with Crippen LogP contribution in [0.2, 0.25) is 0 Å². The standard InChI is InChI=1S/C17H21N3O5/c1-11(24-14-5-3-4-13(6-14)9-21)17(22)20-7-15(8-20)23-10-16-19-18-12(2)25-16/h3-6,11,15,21H,7-10H2,1-2H3. The third-order valence-corrected chi connectivity index (χ3v) is 3.91. The molecule has 1 aliphatic heterocycles. The Labute approximate surface area is 145 Å². The third kappa shape index (κ3) is 4.34. The second kappa shape index (κ2) is 7.62. The number of aryl methyl sites for hydroxylation is 1. The predicted molar refractivity (Wildman–Crippen MR) is 86.6 cm³/mol. The number of rotatable bonds is 7. The Kier molecular flexibility index (Phi) is 5.30. The summed E-state index contributed by atoms with van der Waals surface area (Å²) in [6.07, 6.45) is -0.644. The van der Waals surface area contributed by atoms with Crippen LogP contribution in [0.4, 0.5) is 0 Å². The van der Waals surface area contributed by atoms with Crippen LogP contribution in [-0.2, 0) is 22.7 Å². The van der Waals surface area contributed by atoms with E-state index in [4.69, 9.17) is 19.0 Å². The number of ether oxygens (including phenoxy) is 2. The number of aliphatic hydroxyl groups excluding tert-OH is 1. The van der Waals surface area contributed by atoms with Gasteiger partial charge in [-0.2, -0.15) is 0 Å². The minimum absolute atomic E-state index is 0.0407. The van der Waals surface area contributed by atoms with E-state index in [0.717, 1.165) is 5.56 Å². The Bertz CT molecular complexity index is 727. The van der Waals surface area contributed by atoms with E-state index in [-0.39, 0.29) is 25.2 Å². The van der Waals surface area contributed by atoms with E-state index in [1.54, 1.807) is 43.0 Å². The average Bonchev–Trinajstić information content (AvgIpc) is 2.98. The van der Waals surface area contributed by atoms with Gasteiger partial charge in [0.05, 0.1) is 12.7 Å². The maximum atomic E-state index is 12.4. The van der Waals surface area contributed by atoms with Crippen molar-refractivity contribution in [2.75, 3.05) is 13.1 Å². The van der Waals surface area contributed by atoms with Crippen LogP contribution in [0.1, 0.15) is 24.3 Å². The first kappa shape index (κ1) is 17.4. The van der Waals surface area contributed by atoms with Crippen LogP contribution in [-0.4, -0.2) is 51.4 Å². The topological polar surface area (TPSA) is 97.9 Å². The highest BCUT2D eigenvalue weighted by atomic mass is 16.5. The summed E-state index contributed by atoms with van der Waals surface area (Å²) in [7, 11) is 0. The van der Waals surface area contributed by atoms with Gasteiger partial charge in [0.1, 0.15) is 12.4 Å². The highest BCUT2D eigenvalue weighted by molar-refractivity contribution is 5.81. The molecule has 8 nitrogen and oxygen atoms in total. The van der Waals surface area contributed by atoms with Gasteiger partial charge in [-0.3, -0.25) is 4.79 Å². The maximum absolute atomic E-state index is 12.4. The number of hydrogen-bond donors (Lipinski definition) is 1. The molecule has 1 aromatic carbocycles. The number of aromatic nitrogens is 2. The molecule has 1 aromatic heterocycles. The van der Waals surface area contributed by atoms with E-state index in [1.165, 1.54) is 0 Å². The first-order chi connectivity index (χ1) is 12.0. The van der Waals surface area contributed by atoms with Gasteiger partial charge in [0, 0.05) is 20.0 Å². The fraction of sp³-hybridized carbons (Fsp3) is 0.471. The van der Waals surface area contributed by atoms with Gasteiger partial charge in [-0.05, 0) is 24.6 Å². The Hall–Kier alpha value is -2.45. The molecule has 8 heteroatoms. The Morgan fingerprint density at radius 1 is 1.44 bits per heavy atom. The van der Waals surface area contributed by atoms with Gasteiger partial charge in [-0.1, -0.05) is 12.1 Å². The molecule has 1 saturated heterocycles. The lowest BCUT2D eigenvalue weighted by molar-refractivity contribution is -0.153. The summed E-state index contributed by atoms with van der Waals surface area (Å²) in [5.41, 5.74) is 0.742. The quantitative estimate of drug-likeness (QED) is 0.800. The van der Waals surface area contributed by atoms with Crippen LogP contribution in [0.25, 0.3) is 0 Å². The molecule has 1 aliphatic rings. The van der Waals surface area contributed by atoms with Gasteiger partial charge in [0.15, 0.2) is 6.10 Å². The third-order valence-electron chi connectivity index (χ3n) is 3.91. The summed E-state index contributed by atoms with van der Waals surface area (Å²) in [6.45, 7) is 4.63. The van der Waals surface area contributed by atoms with Crippen molar-refractivity contribution in [3.8, 4) is 5.75 Å². The summed E-state index contributed by atoms with van der Waals surface area (Å²) >= 11 is 0. The summed E-state index contributed by atoms with van der Waals surface area (Å²) in [6, 6.07) is 7.06. The Morgan fingerprint density at radius 2 is 2.24 bits per heavy atom. The molecule has 2 heterocycles. The van der Waals surface area contributed by atoms with Crippen molar-refractivity contribution in [1.82, 2.24) is 15.1 Å². The molecule has 2 aromatic rings. The molecule has 1 N–H and O–H groups in total. The number of hydrogen-bond acceptors (Lipinski definition) is 7. The van der Waals surface area contributed by atoms with E-state index in [0.29, 0.717) is 30.6 Å². The van der Waals surface area contributed by atoms with Crippen molar-refractivity contribution in [2.24, 2.45) is 0 Å². The van der Waals surface area contributed by atoms with Gasteiger partial charge in [0.2, 0.25) is 11.8 Å². The van der Waals surface area contributed by atoms with Crippen LogP contribution in [0.5, 0.6) is 5.75 Å². The lowest BCUT2D eigenvalue weighted by Crippen LogP contribution is -2.57. The maximum Gasteiger partial charge on any atom is 0.263 e. The molecule has 0 aliphatic carbocycles. The summed E-state index contributed by atoms with van der Waals surface area (Å²) in [4.78, 5) is 14.0. The number of likely N-dealkylation sites (tertiary alicyclic amines) is 1. The number of amides is 1. The first-order valence-electron chi connectivity index (χ1n) is 8.11. The molecule has 25 heavy (non-hydrogen) atoms. The summed E-state index contributed by atoms with van der Waals surface area (Å²) in [5.74, 6) is 1.40. The molecule has 134 valence electrons. The number of aliphatic hydroxyl groups is 1. The highest BCUT2D eigenvalue weighted by Gasteiger charge is 2.34. The molecule has 0 bridgehead atoms.